The van der Waals surface area contributed by atoms with Crippen LogP contribution in [0.25, 0.3) is 10.9 Å². The number of fused-ring (bicyclic) bond motifs is 1. The van der Waals surface area contributed by atoms with Gasteiger partial charge in [0.2, 0.25) is 5.95 Å². The van der Waals surface area contributed by atoms with Gasteiger partial charge in [-0.2, -0.15) is 0 Å². The molecule has 1 fully saturated rings. The maximum absolute atomic E-state index is 6.21. The molecule has 0 unspecified atom stereocenters. The fraction of sp³-hybridized carbons (Fsp3) is 0.263. The molecule has 2 N–H and O–H groups in total. The van der Waals surface area contributed by atoms with Crippen LogP contribution < -0.4 is 10.6 Å². The molecule has 0 bridgehead atoms. The predicted octanol–water partition coefficient (Wildman–Crippen LogP) is 1.66. The van der Waals surface area contributed by atoms with Gasteiger partial charge in [0.05, 0.1) is 12.1 Å². The Balaban J connectivity index is 1.37. The quantitative estimate of drug-likeness (QED) is 0.573. The van der Waals surface area contributed by atoms with Crippen LogP contribution in [-0.4, -0.2) is 52.0 Å². The van der Waals surface area contributed by atoms with Crippen molar-refractivity contribution in [3.63, 3.8) is 0 Å². The van der Waals surface area contributed by atoms with Gasteiger partial charge in [-0.25, -0.2) is 15.0 Å². The number of hydrogen-bond acceptors (Lipinski definition) is 5. The average molecular weight is 347 g/mol. The lowest BCUT2D eigenvalue weighted by Crippen LogP contribution is -2.51. The normalized spacial score (nSPS) is 15.5. The molecule has 0 spiro atoms. The van der Waals surface area contributed by atoms with Gasteiger partial charge in [-0.05, 0) is 29.8 Å². The van der Waals surface area contributed by atoms with Crippen molar-refractivity contribution in [1.82, 2.24) is 19.9 Å². The third-order valence-electron chi connectivity index (χ3n) is 4.53. The van der Waals surface area contributed by atoms with Crippen LogP contribution in [0.5, 0.6) is 0 Å². The minimum absolute atomic E-state index is 0.568. The summed E-state index contributed by atoms with van der Waals surface area (Å²) in [6.45, 7) is 3.87. The van der Waals surface area contributed by atoms with E-state index in [1.54, 1.807) is 18.6 Å². The molecule has 7 nitrogen and oxygen atoms in total. The van der Waals surface area contributed by atoms with Crippen LogP contribution in [0.15, 0.2) is 60.0 Å². The molecule has 26 heavy (non-hydrogen) atoms. The van der Waals surface area contributed by atoms with E-state index in [0.717, 1.165) is 48.6 Å². The van der Waals surface area contributed by atoms with Crippen LogP contribution in [0.1, 0.15) is 5.56 Å². The van der Waals surface area contributed by atoms with Gasteiger partial charge < -0.3 is 15.5 Å². The zero-order chi connectivity index (χ0) is 17.8. The lowest BCUT2D eigenvalue weighted by Gasteiger charge is -2.35. The van der Waals surface area contributed by atoms with Gasteiger partial charge in [-0.15, -0.1) is 0 Å². The fourth-order valence-corrected chi connectivity index (χ4v) is 3.09. The van der Waals surface area contributed by atoms with E-state index in [-0.39, 0.29) is 0 Å². The predicted molar refractivity (Wildman–Crippen MR) is 103 cm³/mol. The highest BCUT2D eigenvalue weighted by atomic mass is 15.3. The van der Waals surface area contributed by atoms with E-state index < -0.39 is 0 Å². The van der Waals surface area contributed by atoms with Gasteiger partial charge in [0.25, 0.3) is 0 Å². The molecular weight excluding hydrogens is 326 g/mol. The molecule has 1 aliphatic heterocycles. The Morgan fingerprint density at radius 1 is 0.962 bits per heavy atom. The van der Waals surface area contributed by atoms with Crippen molar-refractivity contribution in [3.05, 3.63) is 60.6 Å². The Hall–Kier alpha value is -3.22. The molecular formula is C19H21N7. The molecule has 7 heteroatoms. The zero-order valence-corrected chi connectivity index (χ0v) is 14.5. The van der Waals surface area contributed by atoms with Gasteiger partial charge in [-0.1, -0.05) is 12.1 Å². The van der Waals surface area contributed by atoms with Crippen LogP contribution in [0.2, 0.25) is 0 Å². The summed E-state index contributed by atoms with van der Waals surface area (Å²) in [4.78, 5) is 21.8. The second-order valence-electron chi connectivity index (χ2n) is 6.23. The van der Waals surface area contributed by atoms with Crippen molar-refractivity contribution in [2.45, 2.75) is 6.54 Å². The van der Waals surface area contributed by atoms with Crippen LogP contribution in [0.3, 0.4) is 0 Å². The van der Waals surface area contributed by atoms with Gasteiger partial charge in [0.1, 0.15) is 0 Å². The maximum Gasteiger partial charge on any atom is 0.225 e. The summed E-state index contributed by atoms with van der Waals surface area (Å²) in [5.41, 5.74) is 8.33. The summed E-state index contributed by atoms with van der Waals surface area (Å²) in [6, 6.07) is 12.0. The Morgan fingerprint density at radius 3 is 2.54 bits per heavy atom. The SMILES string of the molecule is NC(=NCc1ccc2ncccc2c1)N1CCN(c2ncccn2)CC1. The van der Waals surface area contributed by atoms with Crippen LogP contribution in [0, 0.1) is 0 Å². The van der Waals surface area contributed by atoms with E-state index in [1.165, 1.54) is 0 Å². The topological polar surface area (TPSA) is 83.5 Å². The molecule has 0 atom stereocenters. The molecule has 0 saturated carbocycles. The smallest absolute Gasteiger partial charge is 0.225 e. The van der Waals surface area contributed by atoms with Crippen molar-refractivity contribution >= 4 is 22.8 Å². The third kappa shape index (κ3) is 3.56. The number of nitrogens with zero attached hydrogens (tertiary/aromatic N) is 6. The minimum Gasteiger partial charge on any atom is -0.370 e. The molecule has 1 aromatic carbocycles. The number of aromatic nitrogens is 3. The van der Waals surface area contributed by atoms with Crippen LogP contribution >= 0.6 is 0 Å². The summed E-state index contributed by atoms with van der Waals surface area (Å²) < 4.78 is 0. The molecule has 132 valence electrons. The number of nitrogens with two attached hydrogens (primary N) is 1. The summed E-state index contributed by atoms with van der Waals surface area (Å²) in [5, 5.41) is 1.12. The van der Waals surface area contributed by atoms with Gasteiger partial charge >= 0.3 is 0 Å². The number of aliphatic imine (C=N–C) groups is 1. The highest BCUT2D eigenvalue weighted by Gasteiger charge is 2.19. The first-order chi connectivity index (χ1) is 12.8. The molecule has 0 radical (unpaired) electrons. The molecule has 1 saturated heterocycles. The zero-order valence-electron chi connectivity index (χ0n) is 14.5. The third-order valence-corrected chi connectivity index (χ3v) is 4.53. The Morgan fingerprint density at radius 2 is 1.73 bits per heavy atom. The first kappa shape index (κ1) is 16.3. The van der Waals surface area contributed by atoms with Gasteiger partial charge in [-0.3, -0.25) is 4.98 Å². The summed E-state index contributed by atoms with van der Waals surface area (Å²) in [7, 11) is 0. The van der Waals surface area contributed by atoms with Gasteiger partial charge in [0, 0.05) is 50.2 Å². The number of anilines is 1. The second kappa shape index (κ2) is 7.35. The summed E-state index contributed by atoms with van der Waals surface area (Å²) in [6.07, 6.45) is 5.34. The number of guanidine groups is 1. The highest BCUT2D eigenvalue weighted by Crippen LogP contribution is 2.14. The Labute approximate surface area is 152 Å². The Bertz CT molecular complexity index is 902. The largest absolute Gasteiger partial charge is 0.370 e. The fourth-order valence-electron chi connectivity index (χ4n) is 3.09. The lowest BCUT2D eigenvalue weighted by molar-refractivity contribution is 0.378. The first-order valence-electron chi connectivity index (χ1n) is 8.70. The molecule has 2 aromatic heterocycles. The maximum atomic E-state index is 6.21. The van der Waals surface area contributed by atoms with E-state index in [9.17, 15) is 0 Å². The van der Waals surface area contributed by atoms with Crippen molar-refractivity contribution in [1.29, 1.82) is 0 Å². The van der Waals surface area contributed by atoms with E-state index in [4.69, 9.17) is 5.73 Å². The van der Waals surface area contributed by atoms with Crippen LogP contribution in [0.4, 0.5) is 5.95 Å². The van der Waals surface area contributed by atoms with Crippen molar-refractivity contribution in [2.75, 3.05) is 31.1 Å². The molecule has 0 aliphatic carbocycles. The summed E-state index contributed by atoms with van der Waals surface area (Å²) >= 11 is 0. The van der Waals surface area contributed by atoms with E-state index in [0.29, 0.717) is 12.5 Å². The Kier molecular flexibility index (Phi) is 4.59. The standard InChI is InChI=1S/C19H21N7/c20-18(24-14-15-4-5-17-16(13-15)3-1-6-21-17)25-9-11-26(12-10-25)19-22-7-2-8-23-19/h1-8,13H,9-12,14H2,(H2,20,24). The molecule has 3 aromatic rings. The minimum atomic E-state index is 0.568. The second-order valence-corrected chi connectivity index (χ2v) is 6.23. The highest BCUT2D eigenvalue weighted by molar-refractivity contribution is 5.80. The molecule has 0 amide bonds. The molecule has 1 aliphatic rings. The number of piperazine rings is 1. The first-order valence-corrected chi connectivity index (χ1v) is 8.70. The number of benzene rings is 1. The number of rotatable bonds is 3. The van der Waals surface area contributed by atoms with Crippen molar-refractivity contribution < 1.29 is 0 Å². The average Bonchev–Trinajstić information content (AvgIpc) is 2.72. The van der Waals surface area contributed by atoms with Crippen molar-refractivity contribution in [3.8, 4) is 0 Å². The van der Waals surface area contributed by atoms with E-state index in [1.807, 2.05) is 18.2 Å². The van der Waals surface area contributed by atoms with E-state index >= 15 is 0 Å². The van der Waals surface area contributed by atoms with Crippen LogP contribution in [-0.2, 0) is 6.54 Å². The molecule has 3 heterocycles. The number of hydrogen-bond donors (Lipinski definition) is 1. The molecule has 4 rings (SSSR count). The van der Waals surface area contributed by atoms with Gasteiger partial charge in [0.15, 0.2) is 5.96 Å². The van der Waals surface area contributed by atoms with Crippen molar-refractivity contribution in [2.24, 2.45) is 10.7 Å². The van der Waals surface area contributed by atoms with E-state index in [2.05, 4.69) is 47.9 Å². The summed E-state index contributed by atoms with van der Waals surface area (Å²) in [5.74, 6) is 1.36. The number of pyridine rings is 1. The lowest BCUT2D eigenvalue weighted by atomic mass is 10.1. The monoisotopic (exact) mass is 347 g/mol.